The number of methoxy groups -OCH3 is 1. The SMILES string of the molecule is COC(=O)c1cc2nc[nH]c2cc1CO. The molecule has 0 aliphatic heterocycles. The minimum atomic E-state index is -0.469. The summed E-state index contributed by atoms with van der Waals surface area (Å²) in [5, 5.41) is 9.12. The van der Waals surface area contributed by atoms with E-state index in [4.69, 9.17) is 5.11 Å². The lowest BCUT2D eigenvalue weighted by Crippen LogP contribution is -2.05. The Hall–Kier alpha value is -1.88. The number of carbonyl (C=O) groups excluding carboxylic acids is 1. The number of hydrogen-bond acceptors (Lipinski definition) is 4. The molecule has 0 unspecified atom stereocenters. The van der Waals surface area contributed by atoms with Crippen molar-refractivity contribution >= 4 is 17.0 Å². The van der Waals surface area contributed by atoms with Gasteiger partial charge in [0, 0.05) is 0 Å². The molecular weight excluding hydrogens is 196 g/mol. The van der Waals surface area contributed by atoms with E-state index < -0.39 is 5.97 Å². The summed E-state index contributed by atoms with van der Waals surface area (Å²) >= 11 is 0. The second kappa shape index (κ2) is 3.70. The molecule has 0 atom stereocenters. The number of benzene rings is 1. The molecule has 1 aromatic carbocycles. The molecule has 0 fully saturated rings. The zero-order valence-electron chi connectivity index (χ0n) is 8.15. The third-order valence-corrected chi connectivity index (χ3v) is 2.22. The molecule has 15 heavy (non-hydrogen) atoms. The van der Waals surface area contributed by atoms with Crippen LogP contribution in [0.25, 0.3) is 11.0 Å². The number of aromatic amines is 1. The van der Waals surface area contributed by atoms with Crippen molar-refractivity contribution in [2.45, 2.75) is 6.61 Å². The zero-order chi connectivity index (χ0) is 10.8. The molecule has 0 aliphatic rings. The van der Waals surface area contributed by atoms with Crippen molar-refractivity contribution in [2.75, 3.05) is 7.11 Å². The normalized spacial score (nSPS) is 10.5. The first kappa shape index (κ1) is 9.67. The van der Waals surface area contributed by atoms with Gasteiger partial charge in [0.05, 0.1) is 36.6 Å². The largest absolute Gasteiger partial charge is 0.465 e. The standard InChI is InChI=1S/C10H10N2O3/c1-15-10(14)7-3-9-8(11-5-12-9)2-6(7)4-13/h2-3,5,13H,4H2,1H3,(H,11,12). The third-order valence-electron chi connectivity index (χ3n) is 2.22. The first-order chi connectivity index (χ1) is 7.26. The minimum Gasteiger partial charge on any atom is -0.465 e. The average molecular weight is 206 g/mol. The van der Waals surface area contributed by atoms with Gasteiger partial charge in [-0.25, -0.2) is 9.78 Å². The number of fused-ring (bicyclic) bond motifs is 1. The number of carbonyl (C=O) groups is 1. The van der Waals surface area contributed by atoms with Gasteiger partial charge in [0.15, 0.2) is 0 Å². The van der Waals surface area contributed by atoms with Crippen molar-refractivity contribution < 1.29 is 14.6 Å². The molecule has 1 aromatic heterocycles. The molecule has 5 nitrogen and oxygen atoms in total. The Labute approximate surface area is 85.7 Å². The van der Waals surface area contributed by atoms with E-state index in [-0.39, 0.29) is 6.61 Å². The first-order valence-corrected chi connectivity index (χ1v) is 4.41. The number of imidazole rings is 1. The smallest absolute Gasteiger partial charge is 0.338 e. The number of H-pyrrole nitrogens is 1. The molecule has 0 radical (unpaired) electrons. The fourth-order valence-corrected chi connectivity index (χ4v) is 1.46. The summed E-state index contributed by atoms with van der Waals surface area (Å²) in [6.45, 7) is -0.209. The van der Waals surface area contributed by atoms with Gasteiger partial charge in [0.25, 0.3) is 0 Å². The number of nitrogens with one attached hydrogen (secondary N) is 1. The molecule has 0 amide bonds. The summed E-state index contributed by atoms with van der Waals surface area (Å²) < 4.78 is 4.62. The molecule has 5 heteroatoms. The van der Waals surface area contributed by atoms with Crippen molar-refractivity contribution in [3.8, 4) is 0 Å². The maximum atomic E-state index is 11.4. The van der Waals surface area contributed by atoms with Crippen molar-refractivity contribution in [1.82, 2.24) is 9.97 Å². The van der Waals surface area contributed by atoms with E-state index in [1.54, 1.807) is 12.1 Å². The Kier molecular flexibility index (Phi) is 2.39. The van der Waals surface area contributed by atoms with Crippen LogP contribution in [0.15, 0.2) is 18.5 Å². The Morgan fingerprint density at radius 3 is 3.07 bits per heavy atom. The number of esters is 1. The van der Waals surface area contributed by atoms with Crippen LogP contribution >= 0.6 is 0 Å². The maximum absolute atomic E-state index is 11.4. The van der Waals surface area contributed by atoms with Crippen LogP contribution < -0.4 is 0 Å². The molecule has 2 aromatic rings. The van der Waals surface area contributed by atoms with Gasteiger partial charge < -0.3 is 14.8 Å². The van der Waals surface area contributed by atoms with E-state index in [0.29, 0.717) is 16.6 Å². The number of hydrogen-bond donors (Lipinski definition) is 2. The summed E-state index contributed by atoms with van der Waals surface area (Å²) in [5.74, 6) is -0.469. The van der Waals surface area contributed by atoms with Crippen molar-refractivity contribution in [1.29, 1.82) is 0 Å². The van der Waals surface area contributed by atoms with E-state index in [1.807, 2.05) is 0 Å². The van der Waals surface area contributed by atoms with Gasteiger partial charge in [-0.15, -0.1) is 0 Å². The van der Waals surface area contributed by atoms with E-state index in [1.165, 1.54) is 13.4 Å². The summed E-state index contributed by atoms with van der Waals surface area (Å²) in [6, 6.07) is 3.29. The Morgan fingerprint density at radius 2 is 2.40 bits per heavy atom. The number of aliphatic hydroxyl groups is 1. The predicted molar refractivity (Wildman–Crippen MR) is 53.4 cm³/mol. The highest BCUT2D eigenvalue weighted by atomic mass is 16.5. The molecule has 0 aliphatic carbocycles. The summed E-state index contributed by atoms with van der Waals surface area (Å²) in [5.41, 5.74) is 2.33. The molecule has 78 valence electrons. The van der Waals surface area contributed by atoms with Crippen LogP contribution in [0.2, 0.25) is 0 Å². The number of rotatable bonds is 2. The van der Waals surface area contributed by atoms with Crippen LogP contribution in [0.4, 0.5) is 0 Å². The predicted octanol–water partition coefficient (Wildman–Crippen LogP) is 0.842. The average Bonchev–Trinajstić information content (AvgIpc) is 2.73. The van der Waals surface area contributed by atoms with Crippen LogP contribution in [0.5, 0.6) is 0 Å². The van der Waals surface area contributed by atoms with Crippen LogP contribution in [-0.2, 0) is 11.3 Å². The lowest BCUT2D eigenvalue weighted by Gasteiger charge is -2.04. The minimum absolute atomic E-state index is 0.209. The van der Waals surface area contributed by atoms with E-state index in [0.717, 1.165) is 5.52 Å². The van der Waals surface area contributed by atoms with Gasteiger partial charge in [0.2, 0.25) is 0 Å². The number of aromatic nitrogens is 2. The van der Waals surface area contributed by atoms with Crippen molar-refractivity contribution in [2.24, 2.45) is 0 Å². The van der Waals surface area contributed by atoms with Crippen molar-refractivity contribution in [3.63, 3.8) is 0 Å². The van der Waals surface area contributed by atoms with Crippen LogP contribution in [0.3, 0.4) is 0 Å². The van der Waals surface area contributed by atoms with Gasteiger partial charge in [-0.2, -0.15) is 0 Å². The quantitative estimate of drug-likeness (QED) is 0.714. The summed E-state index contributed by atoms with van der Waals surface area (Å²) in [7, 11) is 1.30. The van der Waals surface area contributed by atoms with Gasteiger partial charge in [0.1, 0.15) is 0 Å². The van der Waals surface area contributed by atoms with Gasteiger partial charge >= 0.3 is 5.97 Å². The molecule has 2 N–H and O–H groups in total. The summed E-state index contributed by atoms with van der Waals surface area (Å²) in [4.78, 5) is 18.3. The fraction of sp³-hybridized carbons (Fsp3) is 0.200. The number of ether oxygens (including phenoxy) is 1. The zero-order valence-corrected chi connectivity index (χ0v) is 8.15. The van der Waals surface area contributed by atoms with Crippen LogP contribution in [-0.4, -0.2) is 28.2 Å². The van der Waals surface area contributed by atoms with Crippen molar-refractivity contribution in [3.05, 3.63) is 29.6 Å². The van der Waals surface area contributed by atoms with Gasteiger partial charge in [-0.3, -0.25) is 0 Å². The Balaban J connectivity index is 2.64. The lowest BCUT2D eigenvalue weighted by molar-refractivity contribution is 0.0597. The molecule has 0 saturated heterocycles. The van der Waals surface area contributed by atoms with Crippen LogP contribution in [0, 0.1) is 0 Å². The molecule has 2 rings (SSSR count). The highest BCUT2D eigenvalue weighted by Gasteiger charge is 2.13. The number of aliphatic hydroxyl groups excluding tert-OH is 1. The topological polar surface area (TPSA) is 75.2 Å². The first-order valence-electron chi connectivity index (χ1n) is 4.41. The highest BCUT2D eigenvalue weighted by Crippen LogP contribution is 2.18. The highest BCUT2D eigenvalue weighted by molar-refractivity contribution is 5.95. The Bertz CT molecular complexity index is 504. The number of nitrogens with zero attached hydrogens (tertiary/aromatic N) is 1. The molecular formula is C10H10N2O3. The molecule has 0 spiro atoms. The third kappa shape index (κ3) is 1.57. The fourth-order valence-electron chi connectivity index (χ4n) is 1.46. The molecule has 0 saturated carbocycles. The van der Waals surface area contributed by atoms with Gasteiger partial charge in [-0.05, 0) is 17.7 Å². The summed E-state index contributed by atoms with van der Waals surface area (Å²) in [6.07, 6.45) is 1.53. The molecule has 0 bridgehead atoms. The lowest BCUT2D eigenvalue weighted by atomic mass is 10.1. The second-order valence-corrected chi connectivity index (χ2v) is 3.08. The second-order valence-electron chi connectivity index (χ2n) is 3.08. The monoisotopic (exact) mass is 206 g/mol. The molecule has 1 heterocycles. The van der Waals surface area contributed by atoms with E-state index in [2.05, 4.69) is 14.7 Å². The van der Waals surface area contributed by atoms with E-state index >= 15 is 0 Å². The Morgan fingerprint density at radius 1 is 1.60 bits per heavy atom. The maximum Gasteiger partial charge on any atom is 0.338 e. The van der Waals surface area contributed by atoms with E-state index in [9.17, 15) is 4.79 Å². The van der Waals surface area contributed by atoms with Crippen LogP contribution in [0.1, 0.15) is 15.9 Å². The van der Waals surface area contributed by atoms with Gasteiger partial charge in [-0.1, -0.05) is 0 Å².